The predicted molar refractivity (Wildman–Crippen MR) is 36.1 cm³/mol. The summed E-state index contributed by atoms with van der Waals surface area (Å²) in [5.41, 5.74) is -0.289. The molecule has 0 aliphatic heterocycles. The van der Waals surface area contributed by atoms with E-state index in [1.54, 1.807) is 0 Å². The molecule has 2 rings (SSSR count). The fourth-order valence-electron chi connectivity index (χ4n) is 2.58. The molecule has 0 saturated heterocycles. The molecule has 3 atom stereocenters. The van der Waals surface area contributed by atoms with Crippen molar-refractivity contribution in [1.29, 1.82) is 0 Å². The summed E-state index contributed by atoms with van der Waals surface area (Å²) in [5, 5.41) is 9.68. The monoisotopic (exact) mass is 126 g/mol. The van der Waals surface area contributed by atoms with Crippen LogP contribution < -0.4 is 0 Å². The second-order valence-corrected chi connectivity index (χ2v) is 3.94. The first-order valence-corrected chi connectivity index (χ1v) is 3.91. The summed E-state index contributed by atoms with van der Waals surface area (Å²) in [6.07, 6.45) is 5.02. The molecule has 9 heavy (non-hydrogen) atoms. The second kappa shape index (κ2) is 1.51. The van der Waals surface area contributed by atoms with E-state index in [1.807, 2.05) is 6.92 Å². The molecule has 1 nitrogen and oxygen atoms in total. The van der Waals surface area contributed by atoms with Crippen LogP contribution in [0.4, 0.5) is 0 Å². The van der Waals surface area contributed by atoms with Gasteiger partial charge in [-0.2, -0.15) is 0 Å². The van der Waals surface area contributed by atoms with Crippen molar-refractivity contribution in [3.63, 3.8) is 0 Å². The molecule has 0 aromatic heterocycles. The van der Waals surface area contributed by atoms with E-state index in [0.717, 1.165) is 12.3 Å². The van der Waals surface area contributed by atoms with Crippen molar-refractivity contribution in [3.8, 4) is 0 Å². The highest BCUT2D eigenvalue weighted by atomic mass is 16.3. The largest absolute Gasteiger partial charge is 0.390 e. The average molecular weight is 126 g/mol. The molecule has 2 aliphatic carbocycles. The quantitative estimate of drug-likeness (QED) is 0.522. The molecule has 2 bridgehead atoms. The maximum atomic E-state index is 9.68. The molecule has 2 fully saturated rings. The van der Waals surface area contributed by atoms with Gasteiger partial charge in [-0.15, -0.1) is 0 Å². The van der Waals surface area contributed by atoms with Crippen molar-refractivity contribution >= 4 is 0 Å². The normalized spacial score (nSPS) is 56.7. The zero-order valence-corrected chi connectivity index (χ0v) is 5.93. The highest BCUT2D eigenvalue weighted by Crippen LogP contribution is 2.50. The lowest BCUT2D eigenvalue weighted by atomic mass is 9.86. The van der Waals surface area contributed by atoms with Crippen molar-refractivity contribution in [2.24, 2.45) is 11.8 Å². The van der Waals surface area contributed by atoms with Crippen LogP contribution in [0.15, 0.2) is 0 Å². The van der Waals surface area contributed by atoms with E-state index in [0.29, 0.717) is 5.92 Å². The number of rotatable bonds is 0. The summed E-state index contributed by atoms with van der Waals surface area (Å²) < 4.78 is 0. The molecule has 0 unspecified atom stereocenters. The van der Waals surface area contributed by atoms with Crippen molar-refractivity contribution in [1.82, 2.24) is 0 Å². The fourth-order valence-corrected chi connectivity index (χ4v) is 2.58. The Balaban J connectivity index is 2.18. The van der Waals surface area contributed by atoms with E-state index >= 15 is 0 Å². The highest BCUT2D eigenvalue weighted by molar-refractivity contribution is 4.98. The van der Waals surface area contributed by atoms with E-state index in [4.69, 9.17) is 0 Å². The van der Waals surface area contributed by atoms with Crippen molar-refractivity contribution in [2.45, 2.75) is 38.2 Å². The molecule has 0 heterocycles. The number of aliphatic hydroxyl groups is 1. The molecule has 0 amide bonds. The Labute approximate surface area is 56.1 Å². The van der Waals surface area contributed by atoms with Crippen molar-refractivity contribution < 1.29 is 5.11 Å². The Morgan fingerprint density at radius 1 is 1.44 bits per heavy atom. The van der Waals surface area contributed by atoms with Crippen LogP contribution in [0.25, 0.3) is 0 Å². The lowest BCUT2D eigenvalue weighted by molar-refractivity contribution is 0.00531. The van der Waals surface area contributed by atoms with Crippen LogP contribution in [0.5, 0.6) is 0 Å². The summed E-state index contributed by atoms with van der Waals surface area (Å²) in [7, 11) is 0. The van der Waals surface area contributed by atoms with Gasteiger partial charge in [0.1, 0.15) is 0 Å². The van der Waals surface area contributed by atoms with Crippen LogP contribution in [0.1, 0.15) is 32.6 Å². The smallest absolute Gasteiger partial charge is 0.0650 e. The van der Waals surface area contributed by atoms with E-state index in [1.165, 1.54) is 19.3 Å². The molecular weight excluding hydrogens is 112 g/mol. The molecule has 0 aromatic rings. The lowest BCUT2D eigenvalue weighted by Gasteiger charge is -2.27. The maximum Gasteiger partial charge on any atom is 0.0650 e. The second-order valence-electron chi connectivity index (χ2n) is 3.94. The maximum absolute atomic E-state index is 9.68. The van der Waals surface area contributed by atoms with Gasteiger partial charge < -0.3 is 5.11 Å². The minimum absolute atomic E-state index is 0.289. The Morgan fingerprint density at radius 2 is 2.22 bits per heavy atom. The minimum Gasteiger partial charge on any atom is -0.390 e. The lowest BCUT2D eigenvalue weighted by Crippen LogP contribution is -2.30. The Hall–Kier alpha value is -0.0400. The molecule has 0 spiro atoms. The van der Waals surface area contributed by atoms with Crippen molar-refractivity contribution in [3.05, 3.63) is 0 Å². The van der Waals surface area contributed by atoms with Gasteiger partial charge in [0.25, 0.3) is 0 Å². The standard InChI is InChI=1S/C8H14O/c1-8(9)5-6-2-3-7(8)4-6/h6-7,9H,2-5H2,1H3/t6-,7-,8-/m0/s1. The van der Waals surface area contributed by atoms with Gasteiger partial charge in [-0.25, -0.2) is 0 Å². The number of hydrogen-bond donors (Lipinski definition) is 1. The molecule has 1 heteroatoms. The molecule has 0 aromatic carbocycles. The SMILES string of the molecule is C[C@]1(O)C[C@H]2CC[C@H]1C2. The van der Waals surface area contributed by atoms with Gasteiger partial charge in [-0.3, -0.25) is 0 Å². The summed E-state index contributed by atoms with van der Waals surface area (Å²) in [4.78, 5) is 0. The third-order valence-corrected chi connectivity index (χ3v) is 3.12. The summed E-state index contributed by atoms with van der Waals surface area (Å²) in [6.45, 7) is 2.00. The Kier molecular flexibility index (Phi) is 0.963. The third kappa shape index (κ3) is 0.710. The van der Waals surface area contributed by atoms with E-state index < -0.39 is 0 Å². The van der Waals surface area contributed by atoms with Gasteiger partial charge in [0.2, 0.25) is 0 Å². The van der Waals surface area contributed by atoms with E-state index in [9.17, 15) is 5.11 Å². The molecule has 1 N–H and O–H groups in total. The molecule has 2 aliphatic rings. The highest BCUT2D eigenvalue weighted by Gasteiger charge is 2.46. The molecule has 0 radical (unpaired) electrons. The van der Waals surface area contributed by atoms with Crippen molar-refractivity contribution in [2.75, 3.05) is 0 Å². The Bertz CT molecular complexity index is 129. The summed E-state index contributed by atoms with van der Waals surface area (Å²) in [5.74, 6) is 1.51. The zero-order valence-electron chi connectivity index (χ0n) is 5.93. The predicted octanol–water partition coefficient (Wildman–Crippen LogP) is 1.56. The van der Waals surface area contributed by atoms with Crippen LogP contribution >= 0.6 is 0 Å². The zero-order chi connectivity index (χ0) is 6.48. The van der Waals surface area contributed by atoms with Crippen LogP contribution in [-0.2, 0) is 0 Å². The van der Waals surface area contributed by atoms with E-state index in [2.05, 4.69) is 0 Å². The topological polar surface area (TPSA) is 20.2 Å². The Morgan fingerprint density at radius 3 is 2.44 bits per heavy atom. The fraction of sp³-hybridized carbons (Fsp3) is 1.00. The first-order valence-electron chi connectivity index (χ1n) is 3.91. The van der Waals surface area contributed by atoms with Gasteiger partial charge in [-0.05, 0) is 44.4 Å². The minimum atomic E-state index is -0.289. The van der Waals surface area contributed by atoms with Crippen LogP contribution in [0, 0.1) is 11.8 Å². The molecular formula is C8H14O. The number of fused-ring (bicyclic) bond motifs is 2. The van der Waals surface area contributed by atoms with E-state index in [-0.39, 0.29) is 5.60 Å². The molecule has 52 valence electrons. The summed E-state index contributed by atoms with van der Waals surface area (Å²) >= 11 is 0. The first-order chi connectivity index (χ1) is 4.18. The van der Waals surface area contributed by atoms with Gasteiger partial charge in [0.15, 0.2) is 0 Å². The average Bonchev–Trinajstić information content (AvgIpc) is 2.19. The van der Waals surface area contributed by atoms with Gasteiger partial charge in [-0.1, -0.05) is 0 Å². The van der Waals surface area contributed by atoms with Crippen LogP contribution in [0.2, 0.25) is 0 Å². The number of hydrogen-bond acceptors (Lipinski definition) is 1. The van der Waals surface area contributed by atoms with Gasteiger partial charge in [0, 0.05) is 0 Å². The third-order valence-electron chi connectivity index (χ3n) is 3.12. The molecule has 2 saturated carbocycles. The van der Waals surface area contributed by atoms with Gasteiger partial charge >= 0.3 is 0 Å². The van der Waals surface area contributed by atoms with Crippen LogP contribution in [0.3, 0.4) is 0 Å². The van der Waals surface area contributed by atoms with Gasteiger partial charge in [0.05, 0.1) is 5.60 Å². The first kappa shape index (κ1) is 5.72. The summed E-state index contributed by atoms with van der Waals surface area (Å²) in [6, 6.07) is 0. The van der Waals surface area contributed by atoms with Crippen LogP contribution in [-0.4, -0.2) is 10.7 Å².